The standard InChI is InChI=1S/C20H26N4O3/c1-12(2)15(24-19(26)20(4)7-8-20)18-23-16(13(3)27-18)17(25)22-11-14-6-5-9-21-10-14/h5-6,9-10,12,15H,7-8,11H2,1-4H3,(H,22,25)(H,24,26)/t15-/m1/s1. The first kappa shape index (κ1) is 19.1. The smallest absolute Gasteiger partial charge is 0.273 e. The number of aryl methyl sites for hydroxylation is 1. The van der Waals surface area contributed by atoms with Gasteiger partial charge in [-0.15, -0.1) is 0 Å². The van der Waals surface area contributed by atoms with Crippen LogP contribution in [-0.4, -0.2) is 21.8 Å². The van der Waals surface area contributed by atoms with E-state index < -0.39 is 0 Å². The van der Waals surface area contributed by atoms with Crippen LogP contribution in [0.25, 0.3) is 0 Å². The van der Waals surface area contributed by atoms with E-state index in [2.05, 4.69) is 20.6 Å². The molecule has 2 amide bonds. The highest BCUT2D eigenvalue weighted by Gasteiger charge is 2.46. The van der Waals surface area contributed by atoms with Crippen LogP contribution < -0.4 is 10.6 Å². The third-order valence-corrected chi connectivity index (χ3v) is 4.97. The third-order valence-electron chi connectivity index (χ3n) is 4.97. The van der Waals surface area contributed by atoms with Crippen molar-refractivity contribution >= 4 is 11.8 Å². The molecule has 1 saturated carbocycles. The quantitative estimate of drug-likeness (QED) is 0.781. The molecule has 0 radical (unpaired) electrons. The summed E-state index contributed by atoms with van der Waals surface area (Å²) in [4.78, 5) is 33.3. The molecule has 2 aromatic rings. The van der Waals surface area contributed by atoms with Gasteiger partial charge in [-0.25, -0.2) is 4.98 Å². The van der Waals surface area contributed by atoms with Gasteiger partial charge in [0.1, 0.15) is 11.8 Å². The van der Waals surface area contributed by atoms with E-state index in [-0.39, 0.29) is 34.9 Å². The van der Waals surface area contributed by atoms with Crippen molar-refractivity contribution in [1.29, 1.82) is 0 Å². The predicted molar refractivity (Wildman–Crippen MR) is 99.7 cm³/mol. The summed E-state index contributed by atoms with van der Waals surface area (Å²) in [6.45, 7) is 8.00. The molecule has 0 aliphatic heterocycles. The van der Waals surface area contributed by atoms with Crippen LogP contribution in [0.15, 0.2) is 28.9 Å². The molecule has 0 aromatic carbocycles. The number of aromatic nitrogens is 2. The number of pyridine rings is 1. The Morgan fingerprint density at radius 3 is 2.67 bits per heavy atom. The second-order valence-electron chi connectivity index (χ2n) is 7.76. The maximum absolute atomic E-state index is 12.5. The highest BCUT2D eigenvalue weighted by atomic mass is 16.4. The van der Waals surface area contributed by atoms with E-state index in [1.165, 1.54) is 0 Å². The van der Waals surface area contributed by atoms with Crippen LogP contribution in [0.2, 0.25) is 0 Å². The number of carbonyl (C=O) groups is 2. The largest absolute Gasteiger partial charge is 0.443 e. The van der Waals surface area contributed by atoms with Crippen molar-refractivity contribution < 1.29 is 14.0 Å². The zero-order chi connectivity index (χ0) is 19.6. The topological polar surface area (TPSA) is 97.1 Å². The van der Waals surface area contributed by atoms with Gasteiger partial charge < -0.3 is 15.1 Å². The third kappa shape index (κ3) is 4.35. The van der Waals surface area contributed by atoms with E-state index in [1.54, 1.807) is 19.3 Å². The fraction of sp³-hybridized carbons (Fsp3) is 0.500. The molecule has 7 heteroatoms. The van der Waals surface area contributed by atoms with E-state index in [4.69, 9.17) is 4.42 Å². The summed E-state index contributed by atoms with van der Waals surface area (Å²) >= 11 is 0. The molecule has 7 nitrogen and oxygen atoms in total. The molecule has 144 valence electrons. The summed E-state index contributed by atoms with van der Waals surface area (Å²) in [5.41, 5.74) is 0.863. The van der Waals surface area contributed by atoms with Crippen molar-refractivity contribution in [2.45, 2.75) is 53.1 Å². The van der Waals surface area contributed by atoms with Crippen molar-refractivity contribution in [1.82, 2.24) is 20.6 Å². The van der Waals surface area contributed by atoms with Gasteiger partial charge in [-0.2, -0.15) is 0 Å². The summed E-state index contributed by atoms with van der Waals surface area (Å²) in [6.07, 6.45) is 5.18. The van der Waals surface area contributed by atoms with E-state index in [9.17, 15) is 9.59 Å². The predicted octanol–water partition coefficient (Wildman–Crippen LogP) is 2.92. The average molecular weight is 370 g/mol. The van der Waals surface area contributed by atoms with Crippen LogP contribution >= 0.6 is 0 Å². The van der Waals surface area contributed by atoms with Crippen molar-refractivity contribution in [2.24, 2.45) is 11.3 Å². The van der Waals surface area contributed by atoms with Crippen LogP contribution in [-0.2, 0) is 11.3 Å². The average Bonchev–Trinajstić information content (AvgIpc) is 3.28. The lowest BCUT2D eigenvalue weighted by atomic mass is 10.0. The Morgan fingerprint density at radius 1 is 1.33 bits per heavy atom. The number of nitrogens with zero attached hydrogens (tertiary/aromatic N) is 2. The molecule has 1 fully saturated rings. The first-order chi connectivity index (χ1) is 12.8. The van der Waals surface area contributed by atoms with Gasteiger partial charge in [-0.3, -0.25) is 14.6 Å². The molecule has 0 unspecified atom stereocenters. The summed E-state index contributed by atoms with van der Waals surface area (Å²) in [7, 11) is 0. The molecule has 3 rings (SSSR count). The lowest BCUT2D eigenvalue weighted by Crippen LogP contribution is -2.36. The lowest BCUT2D eigenvalue weighted by Gasteiger charge is -2.21. The minimum absolute atomic E-state index is 0.0135. The number of nitrogens with one attached hydrogen (secondary N) is 2. The van der Waals surface area contributed by atoms with Crippen LogP contribution in [0, 0.1) is 18.3 Å². The molecule has 0 bridgehead atoms. The maximum Gasteiger partial charge on any atom is 0.273 e. The molecular weight excluding hydrogens is 344 g/mol. The highest BCUT2D eigenvalue weighted by molar-refractivity contribution is 5.93. The number of oxazole rings is 1. The Hall–Kier alpha value is -2.70. The molecule has 1 aliphatic rings. The molecule has 2 N–H and O–H groups in total. The molecular formula is C20H26N4O3. The van der Waals surface area contributed by atoms with Crippen LogP contribution in [0.5, 0.6) is 0 Å². The fourth-order valence-corrected chi connectivity index (χ4v) is 2.77. The Bertz CT molecular complexity index is 825. The number of amides is 2. The van der Waals surface area contributed by atoms with Crippen molar-refractivity contribution in [2.75, 3.05) is 0 Å². The van der Waals surface area contributed by atoms with Crippen molar-refractivity contribution in [3.63, 3.8) is 0 Å². The molecule has 27 heavy (non-hydrogen) atoms. The van der Waals surface area contributed by atoms with E-state index in [1.807, 2.05) is 32.9 Å². The molecule has 0 saturated heterocycles. The number of carbonyl (C=O) groups excluding carboxylic acids is 2. The minimum Gasteiger partial charge on any atom is -0.443 e. The first-order valence-electron chi connectivity index (χ1n) is 9.25. The SMILES string of the molecule is Cc1oc([C@H](NC(=O)C2(C)CC2)C(C)C)nc1C(=O)NCc1cccnc1. The highest BCUT2D eigenvalue weighted by Crippen LogP contribution is 2.45. The van der Waals surface area contributed by atoms with Gasteiger partial charge in [-0.1, -0.05) is 26.8 Å². The summed E-state index contributed by atoms with van der Waals surface area (Å²) in [5, 5.41) is 5.86. The second-order valence-corrected chi connectivity index (χ2v) is 7.76. The van der Waals surface area contributed by atoms with Gasteiger partial charge in [0.25, 0.3) is 5.91 Å². The van der Waals surface area contributed by atoms with Crippen molar-refractivity contribution in [3.8, 4) is 0 Å². The summed E-state index contributed by atoms with van der Waals surface area (Å²) < 4.78 is 5.75. The van der Waals surface area contributed by atoms with Gasteiger partial charge in [0.15, 0.2) is 5.69 Å². The van der Waals surface area contributed by atoms with Gasteiger partial charge >= 0.3 is 0 Å². The molecule has 0 spiro atoms. The Balaban J connectivity index is 1.71. The first-order valence-corrected chi connectivity index (χ1v) is 9.25. The monoisotopic (exact) mass is 370 g/mol. The lowest BCUT2D eigenvalue weighted by molar-refractivity contribution is -0.127. The van der Waals surface area contributed by atoms with Crippen molar-refractivity contribution in [3.05, 3.63) is 47.4 Å². The van der Waals surface area contributed by atoms with Gasteiger partial charge in [0.2, 0.25) is 11.8 Å². The molecule has 2 aromatic heterocycles. The Labute approximate surface area is 159 Å². The maximum atomic E-state index is 12.5. The van der Waals surface area contributed by atoms with E-state index in [0.29, 0.717) is 18.2 Å². The van der Waals surface area contributed by atoms with Gasteiger partial charge in [0.05, 0.1) is 0 Å². The summed E-state index contributed by atoms with van der Waals surface area (Å²) in [6, 6.07) is 3.34. The van der Waals surface area contributed by atoms with Gasteiger partial charge in [-0.05, 0) is 37.3 Å². The molecule has 1 atom stereocenters. The second kappa shape index (κ2) is 7.50. The fourth-order valence-electron chi connectivity index (χ4n) is 2.77. The normalized spacial score (nSPS) is 16.0. The Morgan fingerprint density at radius 2 is 2.07 bits per heavy atom. The zero-order valence-electron chi connectivity index (χ0n) is 16.2. The summed E-state index contributed by atoms with van der Waals surface area (Å²) in [5.74, 6) is 0.590. The van der Waals surface area contributed by atoms with Gasteiger partial charge in [0, 0.05) is 24.4 Å². The zero-order valence-corrected chi connectivity index (χ0v) is 16.2. The van der Waals surface area contributed by atoms with E-state index >= 15 is 0 Å². The molecule has 2 heterocycles. The van der Waals surface area contributed by atoms with Crippen LogP contribution in [0.1, 0.15) is 67.4 Å². The Kier molecular flexibility index (Phi) is 5.30. The number of hydrogen-bond acceptors (Lipinski definition) is 5. The molecule has 1 aliphatic carbocycles. The van der Waals surface area contributed by atoms with Crippen LogP contribution in [0.3, 0.4) is 0 Å². The number of hydrogen-bond donors (Lipinski definition) is 2. The minimum atomic E-state index is -0.367. The van der Waals surface area contributed by atoms with Crippen LogP contribution in [0.4, 0.5) is 0 Å². The van der Waals surface area contributed by atoms with E-state index in [0.717, 1.165) is 18.4 Å². The number of rotatable bonds is 7.